The Balaban J connectivity index is 1.52. The molecule has 0 aliphatic heterocycles. The van der Waals surface area contributed by atoms with Crippen LogP contribution in [0.15, 0.2) is 29.3 Å². The van der Waals surface area contributed by atoms with Gasteiger partial charge in [0.1, 0.15) is 5.75 Å². The molecule has 3 unspecified atom stereocenters. The lowest BCUT2D eigenvalue weighted by Crippen LogP contribution is -2.36. The summed E-state index contributed by atoms with van der Waals surface area (Å²) in [5.41, 5.74) is 6.25. The Bertz CT molecular complexity index is 561. The van der Waals surface area contributed by atoms with Crippen molar-refractivity contribution >= 4 is 11.6 Å². The molecule has 0 saturated heterocycles. The lowest BCUT2D eigenvalue weighted by atomic mass is 9.82. The first-order valence-corrected chi connectivity index (χ1v) is 8.02. The highest BCUT2D eigenvalue weighted by atomic mass is 16.5. The van der Waals surface area contributed by atoms with E-state index in [1.807, 2.05) is 24.3 Å². The first-order chi connectivity index (χ1) is 10.6. The van der Waals surface area contributed by atoms with Gasteiger partial charge in [0.15, 0.2) is 5.96 Å². The lowest BCUT2D eigenvalue weighted by Gasteiger charge is -2.31. The number of hydrogen-bond acceptors (Lipinski definition) is 3. The van der Waals surface area contributed by atoms with Crippen molar-refractivity contribution in [3.8, 4) is 5.75 Å². The molecular formula is C17H25N3O2. The summed E-state index contributed by atoms with van der Waals surface area (Å²) in [5, 5.41) is 13.8. The van der Waals surface area contributed by atoms with Gasteiger partial charge in [-0.2, -0.15) is 0 Å². The van der Waals surface area contributed by atoms with Gasteiger partial charge in [0.2, 0.25) is 0 Å². The maximum absolute atomic E-state index is 10.7. The third-order valence-corrected chi connectivity index (χ3v) is 5.11. The highest BCUT2D eigenvalue weighted by Crippen LogP contribution is 2.52. The van der Waals surface area contributed by atoms with Crippen molar-refractivity contribution in [2.24, 2.45) is 22.6 Å². The molecule has 2 aliphatic rings. The van der Waals surface area contributed by atoms with Crippen LogP contribution in [0.1, 0.15) is 32.1 Å². The largest absolute Gasteiger partial charge is 0.497 e. The van der Waals surface area contributed by atoms with Crippen LogP contribution in [0.25, 0.3) is 0 Å². The van der Waals surface area contributed by atoms with Gasteiger partial charge in [-0.05, 0) is 56.1 Å². The Morgan fingerprint density at radius 3 is 3.05 bits per heavy atom. The summed E-state index contributed by atoms with van der Waals surface area (Å²) in [5.74, 6) is 2.35. The summed E-state index contributed by atoms with van der Waals surface area (Å²) in [7, 11) is 1.63. The molecule has 0 spiro atoms. The minimum Gasteiger partial charge on any atom is -0.497 e. The van der Waals surface area contributed by atoms with Gasteiger partial charge >= 0.3 is 0 Å². The third-order valence-electron chi connectivity index (χ3n) is 5.11. The number of ether oxygens (including phenoxy) is 1. The van der Waals surface area contributed by atoms with Gasteiger partial charge in [-0.25, -0.2) is 0 Å². The second-order valence-corrected chi connectivity index (χ2v) is 6.56. The number of nitrogens with one attached hydrogen (secondary N) is 1. The highest BCUT2D eigenvalue weighted by Gasteiger charge is 2.49. The Morgan fingerprint density at radius 1 is 1.50 bits per heavy atom. The number of aliphatic imine (C=N–C) groups is 1. The highest BCUT2D eigenvalue weighted by molar-refractivity contribution is 5.92. The average molecular weight is 303 g/mol. The van der Waals surface area contributed by atoms with Crippen LogP contribution in [-0.2, 0) is 0 Å². The molecule has 0 aromatic heterocycles. The van der Waals surface area contributed by atoms with Crippen molar-refractivity contribution < 1.29 is 9.84 Å². The average Bonchev–Trinajstić information content (AvgIpc) is 3.07. The number of fused-ring (bicyclic) bond motifs is 2. The number of guanidine groups is 1. The number of anilines is 1. The molecule has 2 bridgehead atoms. The van der Waals surface area contributed by atoms with Crippen molar-refractivity contribution in [2.75, 3.05) is 19.0 Å². The number of nitrogens with two attached hydrogens (primary N) is 1. The Hall–Kier alpha value is -1.75. The van der Waals surface area contributed by atoms with Gasteiger partial charge in [-0.3, -0.25) is 4.99 Å². The zero-order chi connectivity index (χ0) is 15.6. The second-order valence-electron chi connectivity index (χ2n) is 6.56. The fourth-order valence-corrected chi connectivity index (χ4v) is 3.98. The molecule has 2 fully saturated rings. The zero-order valence-electron chi connectivity index (χ0n) is 13.1. The Morgan fingerprint density at radius 2 is 2.36 bits per heavy atom. The molecule has 0 radical (unpaired) electrons. The first-order valence-electron chi connectivity index (χ1n) is 8.02. The summed E-state index contributed by atoms with van der Waals surface area (Å²) in [6.07, 6.45) is 5.29. The third kappa shape index (κ3) is 3.19. The summed E-state index contributed by atoms with van der Waals surface area (Å²) in [6.45, 7) is 0.558. The normalized spacial score (nSPS) is 30.5. The van der Waals surface area contributed by atoms with Crippen molar-refractivity contribution in [3.05, 3.63) is 24.3 Å². The van der Waals surface area contributed by atoms with E-state index in [2.05, 4.69) is 10.3 Å². The van der Waals surface area contributed by atoms with E-state index in [0.717, 1.165) is 23.8 Å². The van der Waals surface area contributed by atoms with E-state index in [1.54, 1.807) is 7.11 Å². The first kappa shape index (κ1) is 15.2. The van der Waals surface area contributed by atoms with Crippen LogP contribution in [-0.4, -0.2) is 30.3 Å². The van der Waals surface area contributed by atoms with Crippen LogP contribution in [0.2, 0.25) is 0 Å². The number of hydrogen-bond donors (Lipinski definition) is 3. The Labute approximate surface area is 131 Å². The smallest absolute Gasteiger partial charge is 0.193 e. The van der Waals surface area contributed by atoms with Crippen LogP contribution < -0.4 is 15.8 Å². The van der Waals surface area contributed by atoms with E-state index in [0.29, 0.717) is 24.8 Å². The minimum absolute atomic E-state index is 0.375. The predicted molar refractivity (Wildman–Crippen MR) is 88.1 cm³/mol. The molecular weight excluding hydrogens is 278 g/mol. The van der Waals surface area contributed by atoms with Crippen LogP contribution in [0.4, 0.5) is 5.69 Å². The van der Waals surface area contributed by atoms with Crippen molar-refractivity contribution in [3.63, 3.8) is 0 Å². The fourth-order valence-electron chi connectivity index (χ4n) is 3.98. The summed E-state index contributed by atoms with van der Waals surface area (Å²) in [4.78, 5) is 4.35. The van der Waals surface area contributed by atoms with Crippen LogP contribution in [0, 0.1) is 11.8 Å². The standard InChI is InChI=1S/C17H25N3O2/c1-22-15-4-2-3-14(10-15)20-16(18)19-8-7-17(21)11-12-5-6-13(17)9-12/h2-4,10,12-13,21H,5-9,11H2,1H3,(H3,18,19,20). The lowest BCUT2D eigenvalue weighted by molar-refractivity contribution is -0.0181. The van der Waals surface area contributed by atoms with Crippen LogP contribution in [0.5, 0.6) is 5.75 Å². The quantitative estimate of drug-likeness (QED) is 0.576. The molecule has 120 valence electrons. The molecule has 5 nitrogen and oxygen atoms in total. The van der Waals surface area contributed by atoms with E-state index in [4.69, 9.17) is 10.5 Å². The van der Waals surface area contributed by atoms with Crippen molar-refractivity contribution in [1.29, 1.82) is 0 Å². The molecule has 1 aromatic rings. The van der Waals surface area contributed by atoms with Gasteiger partial charge in [0.05, 0.1) is 12.7 Å². The minimum atomic E-state index is -0.511. The van der Waals surface area contributed by atoms with Gasteiger partial charge in [-0.15, -0.1) is 0 Å². The monoisotopic (exact) mass is 303 g/mol. The Kier molecular flexibility index (Phi) is 4.25. The molecule has 5 heteroatoms. The van der Waals surface area contributed by atoms with E-state index < -0.39 is 5.60 Å². The van der Waals surface area contributed by atoms with Gasteiger partial charge < -0.3 is 20.9 Å². The topological polar surface area (TPSA) is 79.9 Å². The number of nitrogens with zero attached hydrogens (tertiary/aromatic N) is 1. The number of aliphatic hydroxyl groups is 1. The van der Waals surface area contributed by atoms with Crippen LogP contribution >= 0.6 is 0 Å². The zero-order valence-corrected chi connectivity index (χ0v) is 13.1. The van der Waals surface area contributed by atoms with Gasteiger partial charge in [0, 0.05) is 18.3 Å². The number of rotatable bonds is 5. The van der Waals surface area contributed by atoms with Gasteiger partial charge in [0.25, 0.3) is 0 Å². The van der Waals surface area contributed by atoms with Crippen molar-refractivity contribution in [1.82, 2.24) is 0 Å². The van der Waals surface area contributed by atoms with E-state index in [1.165, 1.54) is 19.3 Å². The molecule has 3 atom stereocenters. The fraction of sp³-hybridized carbons (Fsp3) is 0.588. The van der Waals surface area contributed by atoms with E-state index >= 15 is 0 Å². The molecule has 3 rings (SSSR count). The maximum Gasteiger partial charge on any atom is 0.193 e. The maximum atomic E-state index is 10.7. The molecule has 2 aliphatic carbocycles. The summed E-state index contributed by atoms with van der Waals surface area (Å²) < 4.78 is 5.17. The molecule has 2 saturated carbocycles. The van der Waals surface area contributed by atoms with Crippen molar-refractivity contribution in [2.45, 2.75) is 37.7 Å². The molecule has 4 N–H and O–H groups in total. The van der Waals surface area contributed by atoms with Gasteiger partial charge in [-0.1, -0.05) is 6.07 Å². The summed E-state index contributed by atoms with van der Waals surface area (Å²) in [6, 6.07) is 7.55. The number of benzene rings is 1. The second kappa shape index (κ2) is 6.16. The SMILES string of the molecule is COc1cccc(NC(N)=NCCC2(O)CC3CCC2C3)c1. The molecule has 1 aromatic carbocycles. The molecule has 0 heterocycles. The molecule has 22 heavy (non-hydrogen) atoms. The van der Waals surface area contributed by atoms with E-state index in [9.17, 15) is 5.11 Å². The summed E-state index contributed by atoms with van der Waals surface area (Å²) >= 11 is 0. The van der Waals surface area contributed by atoms with E-state index in [-0.39, 0.29) is 0 Å². The number of methoxy groups -OCH3 is 1. The van der Waals surface area contributed by atoms with Crippen LogP contribution in [0.3, 0.4) is 0 Å². The predicted octanol–water partition coefficient (Wildman–Crippen LogP) is 2.36. The molecule has 0 amide bonds.